The van der Waals surface area contributed by atoms with Gasteiger partial charge in [0.05, 0.1) is 17.8 Å². The molecule has 2 atom stereocenters. The highest BCUT2D eigenvalue weighted by Gasteiger charge is 2.46. The average Bonchev–Trinajstić information content (AvgIpc) is 3.26. The first-order valence-electron chi connectivity index (χ1n) is 10.8. The molecule has 0 aromatic carbocycles. The number of nitrogens with one attached hydrogen (secondary N) is 2. The predicted molar refractivity (Wildman–Crippen MR) is 118 cm³/mol. The van der Waals surface area contributed by atoms with Crippen LogP contribution >= 0.6 is 0 Å². The van der Waals surface area contributed by atoms with Crippen molar-refractivity contribution in [3.05, 3.63) is 41.3 Å². The quantitative estimate of drug-likeness (QED) is 0.788. The van der Waals surface area contributed by atoms with Crippen LogP contribution in [0.2, 0.25) is 0 Å². The molecule has 0 radical (unpaired) electrons. The smallest absolute Gasteiger partial charge is 0.319 e. The van der Waals surface area contributed by atoms with E-state index in [9.17, 15) is 9.59 Å². The van der Waals surface area contributed by atoms with Crippen LogP contribution in [0.25, 0.3) is 0 Å². The molecule has 9 nitrogen and oxygen atoms in total. The largest absolute Gasteiger partial charge is 0.321 e. The molecule has 0 saturated carbocycles. The minimum absolute atomic E-state index is 0.0238. The Bertz CT molecular complexity index is 971. The standard InChI is InChI=1S/C22H31N7O2/c1-6-15-12-28(14(2)11-27(15)5)21(31)29-13-16-18(22(29,3)4)25-26-19(16)24-20(30)17-9-7-8-10-23-17/h7-10,14-15H,6,11-13H2,1-5H3,(H2,24,25,26,30)/t14-,15+/m0/s1. The molecule has 0 spiro atoms. The second-order valence-electron chi connectivity index (χ2n) is 9.03. The molecule has 1 saturated heterocycles. The van der Waals surface area contributed by atoms with E-state index >= 15 is 0 Å². The van der Waals surface area contributed by atoms with Crippen LogP contribution in [0.4, 0.5) is 10.6 Å². The summed E-state index contributed by atoms with van der Waals surface area (Å²) in [7, 11) is 2.12. The second kappa shape index (κ2) is 7.96. The molecular weight excluding hydrogens is 394 g/mol. The number of H-pyrrole nitrogens is 1. The van der Waals surface area contributed by atoms with Gasteiger partial charge in [-0.3, -0.25) is 19.8 Å². The average molecular weight is 426 g/mol. The van der Waals surface area contributed by atoms with Crippen LogP contribution in [0, 0.1) is 0 Å². The van der Waals surface area contributed by atoms with Crippen LogP contribution in [0.15, 0.2) is 24.4 Å². The Labute approximate surface area is 182 Å². The van der Waals surface area contributed by atoms with Crippen molar-refractivity contribution < 1.29 is 9.59 Å². The summed E-state index contributed by atoms with van der Waals surface area (Å²) in [6.45, 7) is 10.3. The maximum Gasteiger partial charge on any atom is 0.321 e. The van der Waals surface area contributed by atoms with Gasteiger partial charge < -0.3 is 15.1 Å². The molecule has 0 bridgehead atoms. The van der Waals surface area contributed by atoms with Crippen molar-refractivity contribution in [2.24, 2.45) is 0 Å². The Kier molecular flexibility index (Phi) is 5.47. The molecule has 4 heterocycles. The molecule has 2 N–H and O–H groups in total. The van der Waals surface area contributed by atoms with E-state index in [1.54, 1.807) is 24.4 Å². The lowest BCUT2D eigenvalue weighted by molar-refractivity contribution is 0.0400. The number of fused-ring (bicyclic) bond motifs is 1. The summed E-state index contributed by atoms with van der Waals surface area (Å²) in [5.74, 6) is 0.128. The highest BCUT2D eigenvalue weighted by molar-refractivity contribution is 6.02. The first kappa shape index (κ1) is 21.3. The summed E-state index contributed by atoms with van der Waals surface area (Å²) < 4.78 is 0. The van der Waals surface area contributed by atoms with Crippen LogP contribution < -0.4 is 5.32 Å². The Morgan fingerprint density at radius 2 is 2.06 bits per heavy atom. The fourth-order valence-electron chi connectivity index (χ4n) is 4.67. The van der Waals surface area contributed by atoms with E-state index in [0.29, 0.717) is 24.1 Å². The van der Waals surface area contributed by atoms with Crippen molar-refractivity contribution in [3.8, 4) is 0 Å². The van der Waals surface area contributed by atoms with E-state index in [-0.39, 0.29) is 18.0 Å². The van der Waals surface area contributed by atoms with Crippen LogP contribution in [0.1, 0.15) is 55.9 Å². The van der Waals surface area contributed by atoms with Gasteiger partial charge in [-0.15, -0.1) is 0 Å². The fourth-order valence-corrected chi connectivity index (χ4v) is 4.67. The number of carbonyl (C=O) groups excluding carboxylic acids is 2. The van der Waals surface area contributed by atoms with Gasteiger partial charge in [-0.2, -0.15) is 5.10 Å². The molecule has 2 aromatic rings. The van der Waals surface area contributed by atoms with Crippen molar-refractivity contribution in [3.63, 3.8) is 0 Å². The van der Waals surface area contributed by atoms with Gasteiger partial charge in [-0.25, -0.2) is 4.79 Å². The summed E-state index contributed by atoms with van der Waals surface area (Å²) in [4.78, 5) is 36.5. The summed E-state index contributed by atoms with van der Waals surface area (Å²) in [6, 6.07) is 5.70. The summed E-state index contributed by atoms with van der Waals surface area (Å²) in [6.07, 6.45) is 2.58. The van der Waals surface area contributed by atoms with Crippen LogP contribution in [0.5, 0.6) is 0 Å². The minimum atomic E-state index is -0.557. The number of anilines is 1. The highest BCUT2D eigenvalue weighted by atomic mass is 16.2. The van der Waals surface area contributed by atoms with Gasteiger partial charge in [0.1, 0.15) is 5.69 Å². The molecule has 1 fully saturated rings. The Balaban J connectivity index is 1.55. The van der Waals surface area contributed by atoms with Gasteiger partial charge in [0.2, 0.25) is 0 Å². The molecule has 9 heteroatoms. The zero-order valence-corrected chi connectivity index (χ0v) is 18.8. The number of rotatable bonds is 3. The van der Waals surface area contributed by atoms with Crippen molar-refractivity contribution in [1.82, 2.24) is 29.9 Å². The maximum absolute atomic E-state index is 13.6. The zero-order valence-electron chi connectivity index (χ0n) is 18.8. The van der Waals surface area contributed by atoms with Gasteiger partial charge in [0, 0.05) is 36.9 Å². The third-order valence-electron chi connectivity index (χ3n) is 6.66. The molecule has 2 aromatic heterocycles. The molecular formula is C22H31N7O2. The van der Waals surface area contributed by atoms with Crippen molar-refractivity contribution in [2.45, 2.75) is 58.3 Å². The van der Waals surface area contributed by atoms with Gasteiger partial charge in [-0.1, -0.05) is 13.0 Å². The van der Waals surface area contributed by atoms with Crippen LogP contribution in [-0.4, -0.2) is 74.0 Å². The third kappa shape index (κ3) is 3.67. The van der Waals surface area contributed by atoms with Gasteiger partial charge in [0.25, 0.3) is 5.91 Å². The normalized spacial score (nSPS) is 23.0. The van der Waals surface area contributed by atoms with E-state index in [1.165, 1.54) is 0 Å². The van der Waals surface area contributed by atoms with E-state index in [0.717, 1.165) is 30.8 Å². The molecule has 4 rings (SSSR count). The van der Waals surface area contributed by atoms with Gasteiger partial charge >= 0.3 is 6.03 Å². The number of urea groups is 1. The number of aromatic nitrogens is 3. The van der Waals surface area contributed by atoms with E-state index < -0.39 is 5.54 Å². The predicted octanol–water partition coefficient (Wildman–Crippen LogP) is 2.64. The Morgan fingerprint density at radius 1 is 1.29 bits per heavy atom. The molecule has 3 amide bonds. The van der Waals surface area contributed by atoms with Crippen LogP contribution in [0.3, 0.4) is 0 Å². The highest BCUT2D eigenvalue weighted by Crippen LogP contribution is 2.41. The monoisotopic (exact) mass is 425 g/mol. The molecule has 2 aliphatic rings. The van der Waals surface area contributed by atoms with Gasteiger partial charge in [-0.05, 0) is 46.4 Å². The van der Waals surface area contributed by atoms with Crippen molar-refractivity contribution in [1.29, 1.82) is 0 Å². The fraction of sp³-hybridized carbons (Fsp3) is 0.545. The number of nitrogens with zero attached hydrogens (tertiary/aromatic N) is 5. The van der Waals surface area contributed by atoms with E-state index in [4.69, 9.17) is 0 Å². The van der Waals surface area contributed by atoms with Crippen molar-refractivity contribution in [2.75, 3.05) is 25.5 Å². The van der Waals surface area contributed by atoms with Crippen LogP contribution in [-0.2, 0) is 12.1 Å². The minimum Gasteiger partial charge on any atom is -0.319 e. The number of likely N-dealkylation sites (N-methyl/N-ethyl adjacent to an activating group) is 1. The molecule has 2 aliphatic heterocycles. The second-order valence-corrected chi connectivity index (χ2v) is 9.03. The number of carbonyl (C=O) groups is 2. The van der Waals surface area contributed by atoms with E-state index in [1.807, 2.05) is 23.6 Å². The number of hydrogen-bond donors (Lipinski definition) is 2. The first-order valence-corrected chi connectivity index (χ1v) is 10.8. The van der Waals surface area contributed by atoms with Crippen molar-refractivity contribution >= 4 is 17.8 Å². The van der Waals surface area contributed by atoms with E-state index in [2.05, 4.69) is 46.3 Å². The molecule has 0 unspecified atom stereocenters. The zero-order chi connectivity index (χ0) is 22.3. The summed E-state index contributed by atoms with van der Waals surface area (Å²) in [5, 5.41) is 10.2. The first-order chi connectivity index (χ1) is 14.7. The third-order valence-corrected chi connectivity index (χ3v) is 6.66. The molecule has 166 valence electrons. The summed E-state index contributed by atoms with van der Waals surface area (Å²) >= 11 is 0. The SMILES string of the molecule is CC[C@@H]1CN(C(=O)N2Cc3c(NC(=O)c4ccccn4)n[nH]c3C2(C)C)[C@@H](C)CN1C. The lowest BCUT2D eigenvalue weighted by Crippen LogP contribution is -2.61. The number of pyridine rings is 1. The molecule has 31 heavy (non-hydrogen) atoms. The Morgan fingerprint density at radius 3 is 2.74 bits per heavy atom. The number of hydrogen-bond acceptors (Lipinski definition) is 5. The number of amides is 3. The maximum atomic E-state index is 13.6. The number of aromatic amines is 1. The summed E-state index contributed by atoms with van der Waals surface area (Å²) in [5.41, 5.74) is 1.46. The Hall–Kier alpha value is -2.94. The lowest BCUT2D eigenvalue weighted by atomic mass is 10.0. The topological polar surface area (TPSA) is 97.5 Å². The van der Waals surface area contributed by atoms with Gasteiger partial charge in [0.15, 0.2) is 5.82 Å². The number of piperazine rings is 1. The molecule has 0 aliphatic carbocycles. The lowest BCUT2D eigenvalue weighted by Gasteiger charge is -2.46.